The molecule has 20 heavy (non-hydrogen) atoms. The van der Waals surface area contributed by atoms with Gasteiger partial charge in [-0.25, -0.2) is 4.39 Å². The molecule has 2 aromatic rings. The van der Waals surface area contributed by atoms with E-state index in [1.807, 2.05) is 11.4 Å². The van der Waals surface area contributed by atoms with Gasteiger partial charge in [-0.05, 0) is 35.7 Å². The molecule has 1 amide bonds. The third-order valence-electron chi connectivity index (χ3n) is 2.56. The quantitative estimate of drug-likeness (QED) is 0.851. The number of hydrogen-bond donors (Lipinski definition) is 2. The maximum absolute atomic E-state index is 12.8. The summed E-state index contributed by atoms with van der Waals surface area (Å²) < 4.78 is 12.8. The van der Waals surface area contributed by atoms with Gasteiger partial charge in [0, 0.05) is 16.0 Å². The van der Waals surface area contributed by atoms with Crippen LogP contribution >= 0.6 is 11.3 Å². The van der Waals surface area contributed by atoms with Crippen LogP contribution in [-0.2, 0) is 6.54 Å². The minimum Gasteiger partial charge on any atom is -0.384 e. The van der Waals surface area contributed by atoms with E-state index in [-0.39, 0.29) is 18.3 Å². The second kappa shape index (κ2) is 6.85. The lowest BCUT2D eigenvalue weighted by molar-refractivity contribution is 0.0951. The fraction of sp³-hybridized carbons (Fsp3) is 0.133. The number of thiophene rings is 1. The molecule has 1 aromatic heterocycles. The molecule has 2 N–H and O–H groups in total. The maximum Gasteiger partial charge on any atom is 0.251 e. The van der Waals surface area contributed by atoms with Crippen LogP contribution in [0.1, 0.15) is 20.8 Å². The minimum absolute atomic E-state index is 0.197. The highest BCUT2D eigenvalue weighted by Crippen LogP contribution is 2.15. The number of hydrogen-bond acceptors (Lipinski definition) is 3. The van der Waals surface area contributed by atoms with Crippen molar-refractivity contribution in [2.75, 3.05) is 6.61 Å². The molecule has 0 bridgehead atoms. The highest BCUT2D eigenvalue weighted by atomic mass is 32.1. The average Bonchev–Trinajstić information content (AvgIpc) is 2.90. The predicted octanol–water partition coefficient (Wildman–Crippen LogP) is 2.16. The van der Waals surface area contributed by atoms with E-state index in [1.54, 1.807) is 0 Å². The van der Waals surface area contributed by atoms with Gasteiger partial charge >= 0.3 is 0 Å². The van der Waals surface area contributed by atoms with E-state index >= 15 is 0 Å². The molecule has 0 aliphatic heterocycles. The standard InChI is InChI=1S/C15H12FNO2S/c16-13-5-3-12(4-6-13)15(19)17-10-14-11(2-1-8-18)7-9-20-14/h3-7,9,18H,8,10H2,(H,17,19). The molecule has 102 valence electrons. The van der Waals surface area contributed by atoms with Gasteiger partial charge in [0.05, 0.1) is 6.54 Å². The van der Waals surface area contributed by atoms with Crippen LogP contribution in [0.25, 0.3) is 0 Å². The predicted molar refractivity (Wildman–Crippen MR) is 75.9 cm³/mol. The molecule has 0 aliphatic carbocycles. The first-order valence-corrected chi connectivity index (χ1v) is 6.78. The molecule has 0 spiro atoms. The van der Waals surface area contributed by atoms with Crippen LogP contribution in [0.2, 0.25) is 0 Å². The van der Waals surface area contributed by atoms with Crippen molar-refractivity contribution in [2.45, 2.75) is 6.54 Å². The Hall–Kier alpha value is -2.16. The average molecular weight is 289 g/mol. The van der Waals surface area contributed by atoms with E-state index in [4.69, 9.17) is 5.11 Å². The lowest BCUT2D eigenvalue weighted by Gasteiger charge is -2.04. The number of aliphatic hydroxyl groups excluding tert-OH is 1. The Morgan fingerprint density at radius 1 is 1.30 bits per heavy atom. The van der Waals surface area contributed by atoms with E-state index in [0.717, 1.165) is 10.4 Å². The highest BCUT2D eigenvalue weighted by molar-refractivity contribution is 7.10. The summed E-state index contributed by atoms with van der Waals surface area (Å²) in [4.78, 5) is 12.8. The fourth-order valence-electron chi connectivity index (χ4n) is 1.59. The van der Waals surface area contributed by atoms with E-state index in [0.29, 0.717) is 12.1 Å². The molecular formula is C15H12FNO2S. The first-order chi connectivity index (χ1) is 9.70. The summed E-state index contributed by atoms with van der Waals surface area (Å²) in [7, 11) is 0. The molecule has 1 aromatic carbocycles. The largest absolute Gasteiger partial charge is 0.384 e. The van der Waals surface area contributed by atoms with Gasteiger partial charge < -0.3 is 10.4 Å². The van der Waals surface area contributed by atoms with Crippen molar-refractivity contribution in [3.63, 3.8) is 0 Å². The van der Waals surface area contributed by atoms with Crippen molar-refractivity contribution in [1.82, 2.24) is 5.32 Å². The summed E-state index contributed by atoms with van der Waals surface area (Å²) in [6.45, 7) is 0.153. The second-order valence-corrected chi connectivity index (χ2v) is 4.91. The summed E-state index contributed by atoms with van der Waals surface area (Å²) in [5.74, 6) is 4.76. The van der Waals surface area contributed by atoms with Gasteiger partial charge in [0.1, 0.15) is 12.4 Å². The number of nitrogens with one attached hydrogen (secondary N) is 1. The molecule has 0 saturated heterocycles. The summed E-state index contributed by atoms with van der Waals surface area (Å²) in [5.41, 5.74) is 1.20. The Labute approximate surface area is 120 Å². The Morgan fingerprint density at radius 3 is 2.75 bits per heavy atom. The summed E-state index contributed by atoms with van der Waals surface area (Å²) >= 11 is 1.48. The van der Waals surface area contributed by atoms with Crippen molar-refractivity contribution in [1.29, 1.82) is 0 Å². The van der Waals surface area contributed by atoms with Crippen molar-refractivity contribution >= 4 is 17.2 Å². The molecule has 1 heterocycles. The van der Waals surface area contributed by atoms with E-state index in [2.05, 4.69) is 17.2 Å². The zero-order chi connectivity index (χ0) is 14.4. The van der Waals surface area contributed by atoms with Crippen LogP contribution < -0.4 is 5.32 Å². The molecule has 0 saturated carbocycles. The maximum atomic E-state index is 12.8. The van der Waals surface area contributed by atoms with Gasteiger partial charge in [0.15, 0.2) is 0 Å². The van der Waals surface area contributed by atoms with E-state index in [9.17, 15) is 9.18 Å². The van der Waals surface area contributed by atoms with Crippen molar-refractivity contribution in [3.8, 4) is 11.8 Å². The second-order valence-electron chi connectivity index (χ2n) is 3.91. The van der Waals surface area contributed by atoms with Gasteiger partial charge in [-0.15, -0.1) is 11.3 Å². The molecule has 0 aliphatic rings. The van der Waals surface area contributed by atoms with Crippen LogP contribution in [0.15, 0.2) is 35.7 Å². The number of rotatable bonds is 3. The van der Waals surface area contributed by atoms with Gasteiger partial charge in [0.2, 0.25) is 0 Å². The zero-order valence-corrected chi connectivity index (χ0v) is 11.3. The highest BCUT2D eigenvalue weighted by Gasteiger charge is 2.07. The summed E-state index contributed by atoms with van der Waals surface area (Å²) in [5, 5.41) is 13.3. The third kappa shape index (κ3) is 3.67. The van der Waals surface area contributed by atoms with Crippen LogP contribution in [0.5, 0.6) is 0 Å². The Bertz CT molecular complexity index is 653. The van der Waals surface area contributed by atoms with Crippen LogP contribution in [0, 0.1) is 17.7 Å². The van der Waals surface area contributed by atoms with Crippen LogP contribution in [0.4, 0.5) is 4.39 Å². The lowest BCUT2D eigenvalue weighted by Crippen LogP contribution is -2.22. The summed E-state index contributed by atoms with van der Waals surface area (Å²) in [6, 6.07) is 7.21. The molecule has 0 atom stereocenters. The zero-order valence-electron chi connectivity index (χ0n) is 10.5. The van der Waals surface area contributed by atoms with Gasteiger partial charge in [-0.2, -0.15) is 0 Å². The SMILES string of the molecule is O=C(NCc1sccc1C#CCO)c1ccc(F)cc1. The van der Waals surface area contributed by atoms with Crippen molar-refractivity contribution in [2.24, 2.45) is 0 Å². The number of amides is 1. The number of carbonyl (C=O) groups is 1. The number of halogens is 1. The monoisotopic (exact) mass is 289 g/mol. The Kier molecular flexibility index (Phi) is 4.88. The minimum atomic E-state index is -0.374. The van der Waals surface area contributed by atoms with E-state index in [1.165, 1.54) is 35.6 Å². The number of carbonyl (C=O) groups excluding carboxylic acids is 1. The smallest absolute Gasteiger partial charge is 0.251 e. The van der Waals surface area contributed by atoms with Crippen LogP contribution in [0.3, 0.4) is 0 Å². The number of aliphatic hydroxyl groups is 1. The fourth-order valence-corrected chi connectivity index (χ4v) is 2.36. The number of benzene rings is 1. The van der Waals surface area contributed by atoms with Crippen LogP contribution in [-0.4, -0.2) is 17.6 Å². The molecule has 0 fully saturated rings. The third-order valence-corrected chi connectivity index (χ3v) is 3.48. The van der Waals surface area contributed by atoms with Gasteiger partial charge in [-0.1, -0.05) is 11.8 Å². The van der Waals surface area contributed by atoms with Gasteiger partial charge in [-0.3, -0.25) is 4.79 Å². The summed E-state index contributed by atoms with van der Waals surface area (Å²) in [6.07, 6.45) is 0. The van der Waals surface area contributed by atoms with Gasteiger partial charge in [0.25, 0.3) is 5.91 Å². The molecule has 0 radical (unpaired) electrons. The molecule has 3 nitrogen and oxygen atoms in total. The lowest BCUT2D eigenvalue weighted by atomic mass is 10.2. The first kappa shape index (κ1) is 14.3. The Balaban J connectivity index is 2.00. The topological polar surface area (TPSA) is 49.3 Å². The van der Waals surface area contributed by atoms with Crippen molar-refractivity contribution in [3.05, 3.63) is 57.5 Å². The van der Waals surface area contributed by atoms with E-state index < -0.39 is 0 Å². The molecular weight excluding hydrogens is 277 g/mol. The normalized spacial score (nSPS) is 9.70. The molecule has 2 rings (SSSR count). The molecule has 5 heteroatoms. The van der Waals surface area contributed by atoms with Crippen molar-refractivity contribution < 1.29 is 14.3 Å². The first-order valence-electron chi connectivity index (χ1n) is 5.90. The molecule has 0 unspecified atom stereocenters. The Morgan fingerprint density at radius 2 is 2.05 bits per heavy atom.